The third kappa shape index (κ3) is 2.53. The lowest BCUT2D eigenvalue weighted by Gasteiger charge is -2.03. The molecule has 0 aliphatic carbocycles. The van der Waals surface area contributed by atoms with Gasteiger partial charge in [0.25, 0.3) is 0 Å². The first-order valence-electron chi connectivity index (χ1n) is 4.16. The number of hydrogen-bond donors (Lipinski definition) is 1. The van der Waals surface area contributed by atoms with E-state index >= 15 is 0 Å². The van der Waals surface area contributed by atoms with E-state index in [4.69, 9.17) is 15.8 Å². The number of nitrogens with one attached hydrogen (secondary N) is 1. The van der Waals surface area contributed by atoms with Gasteiger partial charge in [0.1, 0.15) is 23.8 Å². The Kier molecular flexibility index (Phi) is 3.70. The molecule has 0 amide bonds. The molecule has 0 fully saturated rings. The number of halogens is 2. The van der Waals surface area contributed by atoms with Crippen LogP contribution in [-0.2, 0) is 0 Å². The second-order valence-corrected chi connectivity index (χ2v) is 2.69. The van der Waals surface area contributed by atoms with Crippen LogP contribution < -0.4 is 5.43 Å². The highest BCUT2D eigenvalue weighted by molar-refractivity contribution is 6.10. The van der Waals surface area contributed by atoms with Gasteiger partial charge in [-0.25, -0.2) is 8.78 Å². The van der Waals surface area contributed by atoms with E-state index < -0.39 is 22.9 Å². The third-order valence-corrected chi connectivity index (χ3v) is 1.71. The summed E-state index contributed by atoms with van der Waals surface area (Å²) in [6.07, 6.45) is 0. The van der Waals surface area contributed by atoms with E-state index in [1.54, 1.807) is 0 Å². The maximum atomic E-state index is 13.1. The van der Waals surface area contributed by atoms with Crippen LogP contribution in [0.3, 0.4) is 0 Å². The molecule has 0 spiro atoms. The number of anilines is 1. The van der Waals surface area contributed by atoms with Gasteiger partial charge in [-0.2, -0.15) is 20.9 Å². The Labute approximate surface area is 94.8 Å². The van der Waals surface area contributed by atoms with Crippen LogP contribution in [0.4, 0.5) is 14.5 Å². The molecule has 0 aromatic heterocycles. The van der Waals surface area contributed by atoms with Crippen molar-refractivity contribution in [2.24, 2.45) is 5.10 Å². The van der Waals surface area contributed by atoms with Crippen LogP contribution in [0, 0.1) is 45.6 Å². The normalized spacial score (nSPS) is 8.41. The van der Waals surface area contributed by atoms with Crippen molar-refractivity contribution in [3.63, 3.8) is 0 Å². The number of nitriles is 3. The minimum Gasteiger partial charge on any atom is -0.275 e. The van der Waals surface area contributed by atoms with Crippen LogP contribution in [0.5, 0.6) is 0 Å². The molecule has 0 saturated carbocycles. The predicted octanol–water partition coefficient (Wildman–Crippen LogP) is 1.65. The maximum Gasteiger partial charge on any atom is 0.237 e. The highest BCUT2D eigenvalue weighted by Crippen LogP contribution is 2.20. The standard InChI is InChI=1S/C10H3F2N5/c11-8-1-2-9(7(5-15)10(8)12)17-16-6(3-13)4-14/h1-2,17H. The van der Waals surface area contributed by atoms with E-state index in [1.165, 1.54) is 18.2 Å². The summed E-state index contributed by atoms with van der Waals surface area (Å²) in [6.45, 7) is 0. The van der Waals surface area contributed by atoms with Gasteiger partial charge in [0, 0.05) is 0 Å². The number of rotatable bonds is 2. The molecule has 0 heterocycles. The van der Waals surface area contributed by atoms with Crippen molar-refractivity contribution in [3.05, 3.63) is 29.3 Å². The molecular weight excluding hydrogens is 228 g/mol. The quantitative estimate of drug-likeness (QED) is 0.618. The largest absolute Gasteiger partial charge is 0.275 e. The van der Waals surface area contributed by atoms with Crippen molar-refractivity contribution < 1.29 is 8.78 Å². The van der Waals surface area contributed by atoms with E-state index in [-0.39, 0.29) is 5.69 Å². The summed E-state index contributed by atoms with van der Waals surface area (Å²) in [5, 5.41) is 28.7. The molecule has 82 valence electrons. The maximum absolute atomic E-state index is 13.1. The molecule has 1 aromatic carbocycles. The summed E-state index contributed by atoms with van der Waals surface area (Å²) in [5.74, 6) is -2.49. The van der Waals surface area contributed by atoms with E-state index in [2.05, 4.69) is 10.5 Å². The van der Waals surface area contributed by atoms with E-state index in [9.17, 15) is 8.78 Å². The van der Waals surface area contributed by atoms with Crippen LogP contribution in [0.1, 0.15) is 5.56 Å². The minimum absolute atomic E-state index is 0.130. The Balaban J connectivity index is 3.16. The van der Waals surface area contributed by atoms with Crippen molar-refractivity contribution in [3.8, 4) is 18.2 Å². The number of hydrazone groups is 1. The monoisotopic (exact) mass is 231 g/mol. The van der Waals surface area contributed by atoms with Gasteiger partial charge >= 0.3 is 0 Å². The van der Waals surface area contributed by atoms with Gasteiger partial charge in [-0.1, -0.05) is 0 Å². The Hall–Kier alpha value is -2.98. The Bertz CT molecular complexity index is 585. The molecule has 0 atom stereocenters. The fraction of sp³-hybridized carbons (Fsp3) is 0. The Morgan fingerprint density at radius 2 is 1.82 bits per heavy atom. The molecule has 5 nitrogen and oxygen atoms in total. The smallest absolute Gasteiger partial charge is 0.237 e. The molecule has 0 unspecified atom stereocenters. The van der Waals surface area contributed by atoms with Crippen LogP contribution in [0.15, 0.2) is 17.2 Å². The molecule has 1 aromatic rings. The van der Waals surface area contributed by atoms with Gasteiger partial charge in [-0.05, 0) is 12.1 Å². The van der Waals surface area contributed by atoms with Gasteiger partial charge < -0.3 is 0 Å². The summed E-state index contributed by atoms with van der Waals surface area (Å²) in [5.41, 5.74) is 0.937. The summed E-state index contributed by atoms with van der Waals surface area (Å²) in [4.78, 5) is 0. The van der Waals surface area contributed by atoms with Gasteiger partial charge in [-0.3, -0.25) is 5.43 Å². The first kappa shape index (κ1) is 12.1. The first-order valence-corrected chi connectivity index (χ1v) is 4.16. The van der Waals surface area contributed by atoms with E-state index in [0.717, 1.165) is 12.1 Å². The average molecular weight is 231 g/mol. The molecule has 0 saturated heterocycles. The van der Waals surface area contributed by atoms with Crippen LogP contribution in [-0.4, -0.2) is 5.71 Å². The second kappa shape index (κ2) is 5.20. The lowest BCUT2D eigenvalue weighted by Crippen LogP contribution is -2.01. The predicted molar refractivity (Wildman–Crippen MR) is 53.4 cm³/mol. The lowest BCUT2D eigenvalue weighted by molar-refractivity contribution is 0.507. The topological polar surface area (TPSA) is 95.8 Å². The van der Waals surface area contributed by atoms with Gasteiger partial charge in [-0.15, -0.1) is 0 Å². The van der Waals surface area contributed by atoms with Crippen molar-refractivity contribution in [1.82, 2.24) is 0 Å². The fourth-order valence-electron chi connectivity index (χ4n) is 0.944. The van der Waals surface area contributed by atoms with Gasteiger partial charge in [0.2, 0.25) is 5.71 Å². The third-order valence-electron chi connectivity index (χ3n) is 1.71. The highest BCUT2D eigenvalue weighted by Gasteiger charge is 2.12. The van der Waals surface area contributed by atoms with Crippen molar-refractivity contribution >= 4 is 11.4 Å². The lowest BCUT2D eigenvalue weighted by atomic mass is 10.2. The Morgan fingerprint density at radius 3 is 2.35 bits per heavy atom. The molecule has 7 heteroatoms. The Morgan fingerprint density at radius 1 is 1.18 bits per heavy atom. The molecule has 0 aliphatic heterocycles. The van der Waals surface area contributed by atoms with Crippen LogP contribution in [0.25, 0.3) is 0 Å². The van der Waals surface area contributed by atoms with Gasteiger partial charge in [0.05, 0.1) is 5.69 Å². The minimum atomic E-state index is -1.32. The number of hydrogen-bond acceptors (Lipinski definition) is 5. The summed E-state index contributed by atoms with van der Waals surface area (Å²) in [6, 6.07) is 6.25. The summed E-state index contributed by atoms with van der Waals surface area (Å²) in [7, 11) is 0. The van der Waals surface area contributed by atoms with E-state index in [1.807, 2.05) is 0 Å². The zero-order valence-corrected chi connectivity index (χ0v) is 8.20. The van der Waals surface area contributed by atoms with E-state index in [0.29, 0.717) is 0 Å². The molecule has 1 N–H and O–H groups in total. The molecule has 1 rings (SSSR count). The summed E-state index contributed by atoms with van der Waals surface area (Å²) < 4.78 is 25.9. The number of nitrogens with zero attached hydrogens (tertiary/aromatic N) is 4. The molecule has 0 aliphatic rings. The van der Waals surface area contributed by atoms with Crippen LogP contribution in [0.2, 0.25) is 0 Å². The van der Waals surface area contributed by atoms with Crippen molar-refractivity contribution in [2.75, 3.05) is 5.43 Å². The van der Waals surface area contributed by atoms with Crippen LogP contribution >= 0.6 is 0 Å². The zero-order valence-electron chi connectivity index (χ0n) is 8.20. The molecule has 0 radical (unpaired) electrons. The van der Waals surface area contributed by atoms with Crippen molar-refractivity contribution in [1.29, 1.82) is 15.8 Å². The molecule has 0 bridgehead atoms. The average Bonchev–Trinajstić information content (AvgIpc) is 2.35. The van der Waals surface area contributed by atoms with Gasteiger partial charge in [0.15, 0.2) is 11.6 Å². The SMILES string of the molecule is N#CC(C#N)=NNc1ccc(F)c(F)c1C#N. The molecule has 17 heavy (non-hydrogen) atoms. The molecular formula is C10H3F2N5. The first-order chi connectivity index (χ1) is 8.13. The number of benzene rings is 1. The fourth-order valence-corrected chi connectivity index (χ4v) is 0.944. The van der Waals surface area contributed by atoms with Crippen molar-refractivity contribution in [2.45, 2.75) is 0 Å². The zero-order chi connectivity index (χ0) is 12.8. The summed E-state index contributed by atoms with van der Waals surface area (Å²) >= 11 is 0. The highest BCUT2D eigenvalue weighted by atomic mass is 19.2. The second-order valence-electron chi connectivity index (χ2n) is 2.69.